The number of para-hydroxylation sites is 1. The number of H-pyrrole nitrogens is 1. The van der Waals surface area contributed by atoms with Gasteiger partial charge in [-0.2, -0.15) is 0 Å². The van der Waals surface area contributed by atoms with E-state index < -0.39 is 6.10 Å². The van der Waals surface area contributed by atoms with Gasteiger partial charge in [0.2, 0.25) is 0 Å². The van der Waals surface area contributed by atoms with Gasteiger partial charge in [-0.1, -0.05) is 30.3 Å². The molecule has 0 aliphatic carbocycles. The number of hydrogen-bond acceptors (Lipinski definition) is 2. The van der Waals surface area contributed by atoms with Crippen molar-refractivity contribution >= 4 is 16.6 Å². The van der Waals surface area contributed by atoms with E-state index in [-0.39, 0.29) is 0 Å². The van der Waals surface area contributed by atoms with Crippen LogP contribution in [-0.2, 0) is 0 Å². The average molecular weight is 365 g/mol. The van der Waals surface area contributed by atoms with E-state index in [9.17, 15) is 5.11 Å². The third-order valence-electron chi connectivity index (χ3n) is 6.15. The molecule has 3 aromatic rings. The summed E-state index contributed by atoms with van der Waals surface area (Å²) >= 11 is 0. The van der Waals surface area contributed by atoms with Gasteiger partial charge >= 0.3 is 0 Å². The lowest BCUT2D eigenvalue weighted by atomic mass is 10.0. The van der Waals surface area contributed by atoms with Crippen LogP contribution in [0.3, 0.4) is 0 Å². The maximum absolute atomic E-state index is 10.9. The third kappa shape index (κ3) is 3.47. The maximum atomic E-state index is 10.9. The summed E-state index contributed by atoms with van der Waals surface area (Å²) in [5.41, 5.74) is 7.36. The molecular weight excluding hydrogens is 334 g/mol. The van der Waals surface area contributed by atoms with E-state index in [1.165, 1.54) is 21.7 Å². The first-order chi connectivity index (χ1) is 13.0. The van der Waals surface area contributed by atoms with Crippen LogP contribution >= 0.6 is 0 Å². The highest BCUT2D eigenvalue weighted by molar-refractivity contribution is 5.84. The van der Waals surface area contributed by atoms with Crippen LogP contribution in [-0.4, -0.2) is 42.8 Å². The lowest BCUT2D eigenvalue weighted by molar-refractivity contribution is -0.904. The van der Waals surface area contributed by atoms with E-state index in [0.29, 0.717) is 0 Å². The minimum Gasteiger partial charge on any atom is -0.382 e. The van der Waals surface area contributed by atoms with E-state index in [1.54, 1.807) is 0 Å². The summed E-state index contributed by atoms with van der Waals surface area (Å²) in [5.74, 6) is 0. The maximum Gasteiger partial charge on any atom is 0.130 e. The van der Waals surface area contributed by atoms with Crippen molar-refractivity contribution in [1.82, 2.24) is 4.98 Å². The number of fused-ring (bicyclic) bond motifs is 1. The number of hydrogen-bond donors (Lipinski definition) is 3. The molecule has 2 aromatic carbocycles. The van der Waals surface area contributed by atoms with Crippen LogP contribution in [0.2, 0.25) is 0 Å². The number of benzene rings is 2. The van der Waals surface area contributed by atoms with Crippen molar-refractivity contribution in [3.05, 3.63) is 64.8 Å². The number of anilines is 1. The van der Waals surface area contributed by atoms with Gasteiger partial charge in [0.25, 0.3) is 0 Å². The Bertz CT molecular complexity index is 938. The van der Waals surface area contributed by atoms with Gasteiger partial charge in [-0.05, 0) is 44.0 Å². The van der Waals surface area contributed by atoms with Crippen LogP contribution in [0.25, 0.3) is 10.9 Å². The van der Waals surface area contributed by atoms with Gasteiger partial charge in [-0.15, -0.1) is 0 Å². The van der Waals surface area contributed by atoms with Gasteiger partial charge in [-0.25, -0.2) is 0 Å². The highest BCUT2D eigenvalue weighted by Gasteiger charge is 2.26. The van der Waals surface area contributed by atoms with Crippen LogP contribution in [0.1, 0.15) is 28.5 Å². The van der Waals surface area contributed by atoms with Crippen molar-refractivity contribution in [2.45, 2.75) is 26.9 Å². The van der Waals surface area contributed by atoms with Gasteiger partial charge in [-0.3, -0.25) is 0 Å². The zero-order chi connectivity index (χ0) is 19.0. The molecule has 142 valence electrons. The fourth-order valence-electron chi connectivity index (χ4n) is 4.45. The first kappa shape index (κ1) is 18.1. The molecule has 0 radical (unpaired) electrons. The fourth-order valence-corrected chi connectivity index (χ4v) is 4.45. The Hall–Kier alpha value is -2.30. The molecule has 1 aromatic heterocycles. The Morgan fingerprint density at radius 1 is 1.04 bits per heavy atom. The Labute approximate surface area is 161 Å². The fraction of sp³-hybridized carbons (Fsp3) is 0.391. The molecule has 0 amide bonds. The summed E-state index contributed by atoms with van der Waals surface area (Å²) in [6.07, 6.45) is -0.427. The molecule has 1 fully saturated rings. The highest BCUT2D eigenvalue weighted by Crippen LogP contribution is 2.27. The average Bonchev–Trinajstić information content (AvgIpc) is 3.00. The molecule has 3 N–H and O–H groups in total. The van der Waals surface area contributed by atoms with Crippen molar-refractivity contribution in [3.63, 3.8) is 0 Å². The van der Waals surface area contributed by atoms with Crippen molar-refractivity contribution in [2.75, 3.05) is 37.6 Å². The van der Waals surface area contributed by atoms with Gasteiger partial charge < -0.3 is 19.9 Å². The number of aliphatic hydroxyl groups excluding tert-OH is 1. The zero-order valence-corrected chi connectivity index (χ0v) is 16.5. The van der Waals surface area contributed by atoms with Gasteiger partial charge in [0.15, 0.2) is 0 Å². The Morgan fingerprint density at radius 2 is 1.78 bits per heavy atom. The Morgan fingerprint density at radius 3 is 2.56 bits per heavy atom. The Balaban J connectivity index is 1.43. The van der Waals surface area contributed by atoms with E-state index >= 15 is 0 Å². The topological polar surface area (TPSA) is 43.7 Å². The smallest absolute Gasteiger partial charge is 0.130 e. The van der Waals surface area contributed by atoms with E-state index in [4.69, 9.17) is 0 Å². The van der Waals surface area contributed by atoms with Crippen molar-refractivity contribution < 1.29 is 10.0 Å². The van der Waals surface area contributed by atoms with Gasteiger partial charge in [0.05, 0.1) is 26.2 Å². The molecular formula is C23H30N3O+. The first-order valence-corrected chi connectivity index (χ1v) is 9.94. The standard InChI is InChI=1S/C23H29N3O/c1-16-7-6-10-21(17(16)2)26-13-11-25(12-14-26)15-22(27)23-18(3)24-20-9-5-4-8-19(20)23/h4-10,22,24,27H,11-15H2,1-3H3/p+1/t22-/m1/s1. The number of quaternary nitrogens is 1. The van der Waals surface area contributed by atoms with Crippen LogP contribution in [0.4, 0.5) is 5.69 Å². The summed E-state index contributed by atoms with van der Waals surface area (Å²) in [6, 6.07) is 14.8. The van der Waals surface area contributed by atoms with E-state index in [0.717, 1.165) is 54.9 Å². The molecule has 4 heteroatoms. The molecule has 1 saturated heterocycles. The molecule has 0 saturated carbocycles. The largest absolute Gasteiger partial charge is 0.382 e. The zero-order valence-electron chi connectivity index (χ0n) is 16.5. The van der Waals surface area contributed by atoms with Crippen molar-refractivity contribution in [3.8, 4) is 0 Å². The van der Waals surface area contributed by atoms with Crippen molar-refractivity contribution in [1.29, 1.82) is 0 Å². The number of aryl methyl sites for hydroxylation is 2. The first-order valence-electron chi connectivity index (χ1n) is 9.94. The number of piperazine rings is 1. The molecule has 0 unspecified atom stereocenters. The quantitative estimate of drug-likeness (QED) is 0.666. The second-order valence-electron chi connectivity index (χ2n) is 7.89. The van der Waals surface area contributed by atoms with Crippen molar-refractivity contribution in [2.24, 2.45) is 0 Å². The van der Waals surface area contributed by atoms with Crippen LogP contribution < -0.4 is 9.80 Å². The van der Waals surface area contributed by atoms with Gasteiger partial charge in [0.1, 0.15) is 12.6 Å². The highest BCUT2D eigenvalue weighted by atomic mass is 16.3. The molecule has 4 nitrogen and oxygen atoms in total. The van der Waals surface area contributed by atoms with Crippen LogP contribution in [0, 0.1) is 20.8 Å². The second kappa shape index (κ2) is 7.37. The molecule has 2 heterocycles. The summed E-state index contributed by atoms with van der Waals surface area (Å²) in [4.78, 5) is 7.38. The molecule has 4 rings (SSSR count). The van der Waals surface area contributed by atoms with Crippen LogP contribution in [0.15, 0.2) is 42.5 Å². The number of nitrogens with one attached hydrogen (secondary N) is 2. The summed E-state index contributed by atoms with van der Waals surface area (Å²) in [7, 11) is 0. The SMILES string of the molecule is Cc1cccc(N2CC[NH+](C[C@@H](O)c3c(C)[nH]c4ccccc34)CC2)c1C. The molecule has 1 aliphatic heterocycles. The third-order valence-corrected chi connectivity index (χ3v) is 6.15. The van der Waals surface area contributed by atoms with Gasteiger partial charge in [0, 0.05) is 27.8 Å². The normalized spacial score (nSPS) is 16.8. The van der Waals surface area contributed by atoms with E-state index in [1.807, 2.05) is 12.1 Å². The summed E-state index contributed by atoms with van der Waals surface area (Å²) < 4.78 is 0. The van der Waals surface area contributed by atoms with Crippen LogP contribution in [0.5, 0.6) is 0 Å². The monoisotopic (exact) mass is 364 g/mol. The number of aromatic nitrogens is 1. The predicted octanol–water partition coefficient (Wildman–Crippen LogP) is 2.53. The van der Waals surface area contributed by atoms with E-state index in [2.05, 4.69) is 61.0 Å². The predicted molar refractivity (Wildman–Crippen MR) is 112 cm³/mol. The molecule has 1 atom stereocenters. The minimum absolute atomic E-state index is 0.427. The molecule has 0 spiro atoms. The summed E-state index contributed by atoms with van der Waals surface area (Å²) in [6.45, 7) is 11.4. The molecule has 27 heavy (non-hydrogen) atoms. The second-order valence-corrected chi connectivity index (χ2v) is 7.89. The Kier molecular flexibility index (Phi) is 4.94. The number of nitrogens with zero attached hydrogens (tertiary/aromatic N) is 1. The number of rotatable bonds is 4. The number of aromatic amines is 1. The summed E-state index contributed by atoms with van der Waals surface area (Å²) in [5, 5.41) is 12.1. The molecule has 1 aliphatic rings. The lowest BCUT2D eigenvalue weighted by Crippen LogP contribution is -3.15. The number of aliphatic hydroxyl groups is 1. The minimum atomic E-state index is -0.427. The lowest BCUT2D eigenvalue weighted by Gasteiger charge is -2.35. The molecule has 0 bridgehead atoms.